The average Bonchev–Trinajstić information content (AvgIpc) is 2.28. The standard InChI is InChI=1S/C11H15NO5S/c1-2-3-6-17-10-5-4-8(18(12,15)16)7-9(10)11(13)14/h4-5,7H,2-3,6H2,1H3,(H,13,14)(H2,12,15,16). The molecule has 3 N–H and O–H groups in total. The van der Waals surface area contributed by atoms with Crippen LogP contribution in [0.15, 0.2) is 23.1 Å². The van der Waals surface area contributed by atoms with E-state index >= 15 is 0 Å². The molecule has 0 saturated heterocycles. The summed E-state index contributed by atoms with van der Waals surface area (Å²) in [7, 11) is -3.92. The van der Waals surface area contributed by atoms with E-state index in [1.54, 1.807) is 0 Å². The number of benzene rings is 1. The first-order valence-corrected chi connectivity index (χ1v) is 6.94. The quantitative estimate of drug-likeness (QED) is 0.757. The zero-order chi connectivity index (χ0) is 13.8. The Morgan fingerprint density at radius 2 is 2.11 bits per heavy atom. The first kappa shape index (κ1) is 14.5. The van der Waals surface area contributed by atoms with Crippen molar-refractivity contribution in [1.29, 1.82) is 0 Å². The molecule has 0 aromatic heterocycles. The van der Waals surface area contributed by atoms with E-state index in [1.165, 1.54) is 12.1 Å². The van der Waals surface area contributed by atoms with E-state index in [-0.39, 0.29) is 16.2 Å². The van der Waals surface area contributed by atoms with E-state index in [0.717, 1.165) is 18.9 Å². The number of ether oxygens (including phenoxy) is 1. The average molecular weight is 273 g/mol. The molecule has 0 aliphatic carbocycles. The number of hydrogen-bond donors (Lipinski definition) is 2. The van der Waals surface area contributed by atoms with E-state index in [9.17, 15) is 13.2 Å². The molecule has 1 rings (SSSR count). The Balaban J connectivity index is 3.09. The number of hydrogen-bond acceptors (Lipinski definition) is 4. The van der Waals surface area contributed by atoms with Crippen molar-refractivity contribution in [3.05, 3.63) is 23.8 Å². The predicted molar refractivity (Wildman–Crippen MR) is 65.2 cm³/mol. The minimum atomic E-state index is -3.92. The van der Waals surface area contributed by atoms with Gasteiger partial charge in [-0.1, -0.05) is 13.3 Å². The second-order valence-corrected chi connectivity index (χ2v) is 5.27. The van der Waals surface area contributed by atoms with Crippen LogP contribution >= 0.6 is 0 Å². The van der Waals surface area contributed by atoms with Gasteiger partial charge >= 0.3 is 5.97 Å². The Hall–Kier alpha value is -1.60. The molecule has 0 aliphatic heterocycles. The van der Waals surface area contributed by atoms with E-state index in [1.807, 2.05) is 6.92 Å². The van der Waals surface area contributed by atoms with Crippen LogP contribution in [0.25, 0.3) is 0 Å². The van der Waals surface area contributed by atoms with Gasteiger partial charge in [-0.15, -0.1) is 0 Å². The van der Waals surface area contributed by atoms with Crippen LogP contribution in [0.1, 0.15) is 30.1 Å². The van der Waals surface area contributed by atoms with Gasteiger partial charge in [0, 0.05) is 0 Å². The smallest absolute Gasteiger partial charge is 0.339 e. The van der Waals surface area contributed by atoms with Crippen LogP contribution in [0, 0.1) is 0 Å². The van der Waals surface area contributed by atoms with Crippen molar-refractivity contribution in [3.63, 3.8) is 0 Å². The van der Waals surface area contributed by atoms with Gasteiger partial charge in [-0.2, -0.15) is 0 Å². The van der Waals surface area contributed by atoms with Crippen LogP contribution in [-0.2, 0) is 10.0 Å². The number of rotatable bonds is 6. The number of unbranched alkanes of at least 4 members (excludes halogenated alkanes) is 1. The Bertz CT molecular complexity index is 538. The highest BCUT2D eigenvalue weighted by Crippen LogP contribution is 2.22. The number of carboxylic acids is 1. The first-order valence-electron chi connectivity index (χ1n) is 5.39. The van der Waals surface area contributed by atoms with E-state index in [2.05, 4.69) is 0 Å². The van der Waals surface area contributed by atoms with Gasteiger partial charge in [0.2, 0.25) is 10.0 Å². The van der Waals surface area contributed by atoms with Crippen LogP contribution in [-0.4, -0.2) is 26.1 Å². The summed E-state index contributed by atoms with van der Waals surface area (Å²) in [5.41, 5.74) is -0.211. The third kappa shape index (κ3) is 3.71. The van der Waals surface area contributed by atoms with Gasteiger partial charge in [-0.25, -0.2) is 18.4 Å². The third-order valence-electron chi connectivity index (χ3n) is 2.27. The first-order chi connectivity index (χ1) is 8.36. The molecular weight excluding hydrogens is 258 g/mol. The summed E-state index contributed by atoms with van der Waals surface area (Å²) >= 11 is 0. The molecule has 7 heteroatoms. The molecule has 0 unspecified atom stereocenters. The zero-order valence-corrected chi connectivity index (χ0v) is 10.7. The van der Waals surface area contributed by atoms with E-state index in [0.29, 0.717) is 6.61 Å². The lowest BCUT2D eigenvalue weighted by atomic mass is 10.2. The number of carbonyl (C=O) groups is 1. The van der Waals surface area contributed by atoms with Gasteiger partial charge in [-0.05, 0) is 24.6 Å². The summed E-state index contributed by atoms with van der Waals surface area (Å²) in [6, 6.07) is 3.53. The molecule has 1 aromatic carbocycles. The largest absolute Gasteiger partial charge is 0.493 e. The molecule has 0 amide bonds. The summed E-state index contributed by atoms with van der Waals surface area (Å²) in [6.45, 7) is 2.36. The fourth-order valence-corrected chi connectivity index (χ4v) is 1.85. The maximum atomic E-state index is 11.1. The molecule has 0 spiro atoms. The highest BCUT2D eigenvalue weighted by atomic mass is 32.2. The summed E-state index contributed by atoms with van der Waals surface area (Å²) in [5.74, 6) is -1.12. The van der Waals surface area contributed by atoms with Crippen LogP contribution in [0.5, 0.6) is 5.75 Å². The van der Waals surface area contributed by atoms with Crippen LogP contribution in [0.4, 0.5) is 0 Å². The van der Waals surface area contributed by atoms with Gasteiger partial charge < -0.3 is 9.84 Å². The minimum Gasteiger partial charge on any atom is -0.493 e. The van der Waals surface area contributed by atoms with Gasteiger partial charge in [0.1, 0.15) is 11.3 Å². The number of carboxylic acid groups (broad SMARTS) is 1. The van der Waals surface area contributed by atoms with Crippen molar-refractivity contribution >= 4 is 16.0 Å². The Morgan fingerprint density at radius 3 is 2.61 bits per heavy atom. The lowest BCUT2D eigenvalue weighted by molar-refractivity contribution is 0.0692. The van der Waals surface area contributed by atoms with Crippen molar-refractivity contribution in [1.82, 2.24) is 0 Å². The lowest BCUT2D eigenvalue weighted by Crippen LogP contribution is -2.14. The molecule has 0 saturated carbocycles. The molecule has 18 heavy (non-hydrogen) atoms. The van der Waals surface area contributed by atoms with Crippen molar-refractivity contribution in [2.24, 2.45) is 5.14 Å². The highest BCUT2D eigenvalue weighted by Gasteiger charge is 2.16. The topological polar surface area (TPSA) is 107 Å². The van der Waals surface area contributed by atoms with Gasteiger partial charge in [0.05, 0.1) is 11.5 Å². The molecule has 0 bridgehead atoms. The summed E-state index contributed by atoms with van der Waals surface area (Å²) in [4.78, 5) is 10.8. The molecule has 100 valence electrons. The maximum Gasteiger partial charge on any atom is 0.339 e. The summed E-state index contributed by atoms with van der Waals surface area (Å²) in [6.07, 6.45) is 1.70. The van der Waals surface area contributed by atoms with E-state index in [4.69, 9.17) is 15.0 Å². The highest BCUT2D eigenvalue weighted by molar-refractivity contribution is 7.89. The SMILES string of the molecule is CCCCOc1ccc(S(N)(=O)=O)cc1C(=O)O. The Labute approximate surface area is 105 Å². The van der Waals surface area contributed by atoms with E-state index < -0.39 is 16.0 Å². The van der Waals surface area contributed by atoms with Crippen LogP contribution < -0.4 is 9.88 Å². The second-order valence-electron chi connectivity index (χ2n) is 3.71. The van der Waals surface area contributed by atoms with Gasteiger partial charge in [-0.3, -0.25) is 0 Å². The summed E-state index contributed by atoms with van der Waals surface area (Å²) in [5, 5.41) is 13.9. The fraction of sp³-hybridized carbons (Fsp3) is 0.364. The van der Waals surface area contributed by atoms with Crippen LogP contribution in [0.3, 0.4) is 0 Å². The van der Waals surface area contributed by atoms with Crippen LogP contribution in [0.2, 0.25) is 0 Å². The second kappa shape index (κ2) is 5.83. The Morgan fingerprint density at radius 1 is 1.44 bits per heavy atom. The molecule has 0 atom stereocenters. The number of nitrogens with two attached hydrogens (primary N) is 1. The molecule has 1 aromatic rings. The van der Waals surface area contributed by atoms with Gasteiger partial charge in [0.25, 0.3) is 0 Å². The molecular formula is C11H15NO5S. The normalized spacial score (nSPS) is 11.2. The molecule has 0 aliphatic rings. The monoisotopic (exact) mass is 273 g/mol. The zero-order valence-electron chi connectivity index (χ0n) is 9.92. The number of sulfonamides is 1. The molecule has 6 nitrogen and oxygen atoms in total. The lowest BCUT2D eigenvalue weighted by Gasteiger charge is -2.09. The molecule has 0 radical (unpaired) electrons. The maximum absolute atomic E-state index is 11.1. The van der Waals surface area contributed by atoms with Crippen molar-refractivity contribution < 1.29 is 23.1 Å². The number of primary sulfonamides is 1. The minimum absolute atomic E-state index is 0.142. The molecule has 0 heterocycles. The Kier molecular flexibility index (Phi) is 4.69. The van der Waals surface area contributed by atoms with Crippen molar-refractivity contribution in [2.45, 2.75) is 24.7 Å². The third-order valence-corrected chi connectivity index (χ3v) is 3.18. The predicted octanol–water partition coefficient (Wildman–Crippen LogP) is 1.21. The van der Waals surface area contributed by atoms with Gasteiger partial charge in [0.15, 0.2) is 0 Å². The summed E-state index contributed by atoms with van der Waals surface area (Å²) < 4.78 is 27.5. The molecule has 0 fully saturated rings. The number of aromatic carboxylic acids is 1. The van der Waals surface area contributed by atoms with Crippen molar-refractivity contribution in [3.8, 4) is 5.75 Å². The van der Waals surface area contributed by atoms with Crippen molar-refractivity contribution in [2.75, 3.05) is 6.61 Å². The fourth-order valence-electron chi connectivity index (χ4n) is 1.31.